The number of aromatic nitrogens is 1. The Bertz CT molecular complexity index is 1130. The molecule has 0 saturated heterocycles. The van der Waals surface area contributed by atoms with E-state index in [1.165, 1.54) is 12.3 Å². The zero-order valence-electron chi connectivity index (χ0n) is 19.4. The van der Waals surface area contributed by atoms with E-state index in [4.69, 9.17) is 16.3 Å². The first kappa shape index (κ1) is 28.7. The number of pyridine rings is 1. The minimum Gasteiger partial charge on any atom is -0.487 e. The van der Waals surface area contributed by atoms with E-state index in [1.807, 2.05) is 0 Å². The molecular formula is C22H27ClF3N3O5S. The van der Waals surface area contributed by atoms with E-state index in [9.17, 15) is 26.4 Å². The van der Waals surface area contributed by atoms with Crippen LogP contribution in [0.15, 0.2) is 24.4 Å². The van der Waals surface area contributed by atoms with Gasteiger partial charge >= 0.3 is 6.61 Å². The maximum Gasteiger partial charge on any atom is 0.387 e. The molecule has 0 unspecified atom stereocenters. The van der Waals surface area contributed by atoms with Crippen molar-refractivity contribution < 1.29 is 35.9 Å². The second kappa shape index (κ2) is 12.9. The van der Waals surface area contributed by atoms with Gasteiger partial charge in [0.2, 0.25) is 10.0 Å². The number of carbonyl (C=O) groups is 1. The van der Waals surface area contributed by atoms with Gasteiger partial charge in [-0.15, -0.1) is 0 Å². The predicted molar refractivity (Wildman–Crippen MR) is 125 cm³/mol. The molecule has 2 N–H and O–H groups in total. The van der Waals surface area contributed by atoms with Crippen molar-refractivity contribution in [3.05, 3.63) is 52.1 Å². The fourth-order valence-corrected chi connectivity index (χ4v) is 3.54. The Balaban J connectivity index is 0.000000784. The molecule has 2 aromatic rings. The number of halogens is 4. The van der Waals surface area contributed by atoms with Crippen LogP contribution in [-0.2, 0) is 16.6 Å². The smallest absolute Gasteiger partial charge is 0.387 e. The number of nitrogens with one attached hydrogen (secondary N) is 2. The van der Waals surface area contributed by atoms with Gasteiger partial charge in [-0.1, -0.05) is 25.4 Å². The van der Waals surface area contributed by atoms with Gasteiger partial charge in [-0.2, -0.15) is 8.78 Å². The van der Waals surface area contributed by atoms with Gasteiger partial charge in [-0.3, -0.25) is 9.78 Å². The molecule has 1 fully saturated rings. The molecule has 1 amide bonds. The van der Waals surface area contributed by atoms with E-state index >= 15 is 0 Å². The highest BCUT2D eigenvalue weighted by Gasteiger charge is 2.29. The number of rotatable bonds is 10. The van der Waals surface area contributed by atoms with Gasteiger partial charge in [0.25, 0.3) is 5.91 Å². The topological polar surface area (TPSA) is 107 Å². The van der Waals surface area contributed by atoms with Gasteiger partial charge in [0.1, 0.15) is 18.2 Å². The number of hydrogen-bond acceptors (Lipinski definition) is 7. The lowest BCUT2D eigenvalue weighted by Gasteiger charge is -2.13. The average Bonchev–Trinajstić information content (AvgIpc) is 3.59. The van der Waals surface area contributed by atoms with Crippen LogP contribution in [0, 0.1) is 5.82 Å². The van der Waals surface area contributed by atoms with Crippen molar-refractivity contribution in [2.45, 2.75) is 45.8 Å². The molecule has 0 spiro atoms. The molecule has 13 heteroatoms. The summed E-state index contributed by atoms with van der Waals surface area (Å²) in [6, 6.07) is 3.16. The van der Waals surface area contributed by atoms with Crippen molar-refractivity contribution in [2.75, 3.05) is 19.3 Å². The van der Waals surface area contributed by atoms with Crippen molar-refractivity contribution in [3.63, 3.8) is 0 Å². The van der Waals surface area contributed by atoms with Crippen molar-refractivity contribution >= 4 is 27.5 Å². The number of carbonyl (C=O) groups excluding carboxylic acids is 1. The monoisotopic (exact) mass is 537 g/mol. The Morgan fingerprint density at radius 3 is 2.40 bits per heavy atom. The summed E-state index contributed by atoms with van der Waals surface area (Å²) in [5.74, 6) is -2.09. The molecule has 1 aliphatic carbocycles. The Labute approximate surface area is 207 Å². The zero-order chi connectivity index (χ0) is 26.2. The molecule has 1 aliphatic rings. The molecule has 0 bridgehead atoms. The number of ether oxygens (including phenoxy) is 2. The van der Waals surface area contributed by atoms with Crippen molar-refractivity contribution in [1.82, 2.24) is 15.0 Å². The second-order valence-electron chi connectivity index (χ2n) is 7.58. The van der Waals surface area contributed by atoms with Crippen LogP contribution in [0.3, 0.4) is 0 Å². The first-order valence-electron chi connectivity index (χ1n) is 10.7. The van der Waals surface area contributed by atoms with E-state index < -0.39 is 33.9 Å². The molecule has 194 valence electrons. The van der Waals surface area contributed by atoms with Gasteiger partial charge in [0.15, 0.2) is 5.75 Å². The number of hydrogen-bond donors (Lipinski definition) is 2. The summed E-state index contributed by atoms with van der Waals surface area (Å²) >= 11 is 6.04. The minimum atomic E-state index is -3.88. The number of sulfonamides is 1. The van der Waals surface area contributed by atoms with Crippen LogP contribution in [0.2, 0.25) is 5.02 Å². The quantitative estimate of drug-likeness (QED) is 0.467. The number of amides is 1. The Kier molecular flexibility index (Phi) is 10.6. The summed E-state index contributed by atoms with van der Waals surface area (Å²) in [5.41, 5.74) is 0.0119. The molecule has 1 aromatic carbocycles. The van der Waals surface area contributed by atoms with Crippen LogP contribution in [-0.4, -0.2) is 45.3 Å². The van der Waals surface area contributed by atoms with Crippen LogP contribution >= 0.6 is 11.6 Å². The van der Waals surface area contributed by atoms with Crippen LogP contribution in [0.25, 0.3) is 0 Å². The SMILES string of the molecule is CCNCC.CS(=O)(=O)NC(=O)c1cc(Cl)c(COc2cnc(C3CC3)c(OC(F)F)c2)cc1F. The second-order valence-corrected chi connectivity index (χ2v) is 9.74. The lowest BCUT2D eigenvalue weighted by atomic mass is 10.1. The van der Waals surface area contributed by atoms with Crippen molar-refractivity contribution in [1.29, 1.82) is 0 Å². The molecule has 1 aromatic heterocycles. The molecule has 35 heavy (non-hydrogen) atoms. The standard InChI is InChI=1S/C18H16ClF3N2O5S.C4H11N/c1-30(26,27)24-17(25)12-6-13(19)10(4-14(12)20)8-28-11-5-15(29-18(21)22)16(23-7-11)9-2-3-9;1-3-5-4-2/h4-7,9,18H,2-3,8H2,1H3,(H,24,25);5H,3-4H2,1-2H3. The number of nitrogens with zero attached hydrogens (tertiary/aromatic N) is 1. The van der Waals surface area contributed by atoms with Crippen LogP contribution in [0.4, 0.5) is 13.2 Å². The summed E-state index contributed by atoms with van der Waals surface area (Å²) in [6.07, 6.45) is 3.76. The summed E-state index contributed by atoms with van der Waals surface area (Å²) in [5, 5.41) is 3.06. The molecule has 0 aliphatic heterocycles. The van der Waals surface area contributed by atoms with Gasteiger partial charge in [0, 0.05) is 22.6 Å². The van der Waals surface area contributed by atoms with E-state index in [0.717, 1.165) is 44.3 Å². The van der Waals surface area contributed by atoms with Gasteiger partial charge in [0.05, 0.1) is 23.7 Å². The lowest BCUT2D eigenvalue weighted by Crippen LogP contribution is -2.30. The van der Waals surface area contributed by atoms with Gasteiger partial charge in [-0.05, 0) is 38.1 Å². The van der Waals surface area contributed by atoms with E-state index in [0.29, 0.717) is 5.69 Å². The van der Waals surface area contributed by atoms with E-state index in [-0.39, 0.29) is 34.6 Å². The number of benzene rings is 1. The molecule has 1 heterocycles. The highest BCUT2D eigenvalue weighted by Crippen LogP contribution is 2.44. The summed E-state index contributed by atoms with van der Waals surface area (Å²) < 4.78 is 73.4. The van der Waals surface area contributed by atoms with E-state index in [2.05, 4.69) is 28.9 Å². The first-order chi connectivity index (χ1) is 16.4. The molecule has 3 rings (SSSR count). The highest BCUT2D eigenvalue weighted by atomic mass is 35.5. The normalized spacial score (nSPS) is 13.1. The van der Waals surface area contributed by atoms with Crippen molar-refractivity contribution in [2.24, 2.45) is 0 Å². The third-order valence-corrected chi connectivity index (χ3v) is 5.50. The van der Waals surface area contributed by atoms with E-state index in [1.54, 1.807) is 4.72 Å². The number of alkyl halides is 2. The molecule has 1 saturated carbocycles. The van der Waals surface area contributed by atoms with Gasteiger partial charge in [-0.25, -0.2) is 17.5 Å². The third kappa shape index (κ3) is 9.54. The Hall–Kier alpha value is -2.57. The molecule has 0 atom stereocenters. The molecular weight excluding hydrogens is 511 g/mol. The summed E-state index contributed by atoms with van der Waals surface area (Å²) in [6.45, 7) is 3.11. The Morgan fingerprint density at radius 1 is 1.23 bits per heavy atom. The van der Waals surface area contributed by atoms with Crippen LogP contribution in [0.1, 0.15) is 54.2 Å². The average molecular weight is 538 g/mol. The Morgan fingerprint density at radius 2 is 1.89 bits per heavy atom. The molecule has 8 nitrogen and oxygen atoms in total. The zero-order valence-corrected chi connectivity index (χ0v) is 21.0. The minimum absolute atomic E-state index is 0.0540. The largest absolute Gasteiger partial charge is 0.487 e. The maximum absolute atomic E-state index is 14.3. The lowest BCUT2D eigenvalue weighted by molar-refractivity contribution is -0.0508. The predicted octanol–water partition coefficient (Wildman–Crippen LogP) is 4.24. The van der Waals surface area contributed by atoms with Crippen LogP contribution in [0.5, 0.6) is 11.5 Å². The summed E-state index contributed by atoms with van der Waals surface area (Å²) in [4.78, 5) is 16.0. The third-order valence-electron chi connectivity index (χ3n) is 4.59. The van der Waals surface area contributed by atoms with Gasteiger partial charge < -0.3 is 14.8 Å². The summed E-state index contributed by atoms with van der Waals surface area (Å²) in [7, 11) is -3.88. The maximum atomic E-state index is 14.3. The first-order valence-corrected chi connectivity index (χ1v) is 13.0. The molecule has 0 radical (unpaired) electrons. The highest BCUT2D eigenvalue weighted by molar-refractivity contribution is 7.89. The fraction of sp³-hybridized carbons (Fsp3) is 0.455. The van der Waals surface area contributed by atoms with Crippen LogP contribution < -0.4 is 19.5 Å². The van der Waals surface area contributed by atoms with Crippen molar-refractivity contribution in [3.8, 4) is 11.5 Å². The fourth-order valence-electron chi connectivity index (χ4n) is 2.88.